The minimum absolute atomic E-state index is 0.0572. The molecule has 20 nitrogen and oxygen atoms in total. The Bertz CT molecular complexity index is 2200. The van der Waals surface area contributed by atoms with Crippen LogP contribution in [-0.4, -0.2) is 108 Å². The van der Waals surface area contributed by atoms with E-state index in [1.54, 1.807) is 36.5 Å². The molecule has 1 saturated heterocycles. The van der Waals surface area contributed by atoms with Gasteiger partial charge in [-0.15, -0.1) is 0 Å². The summed E-state index contributed by atoms with van der Waals surface area (Å²) in [6.45, 7) is 1.63. The number of nitrogens with two attached hydrogens (primary N) is 1. The summed E-state index contributed by atoms with van der Waals surface area (Å²) >= 11 is 0. The van der Waals surface area contributed by atoms with E-state index in [4.69, 9.17) is 29.0 Å². The fourth-order valence-electron chi connectivity index (χ4n) is 6.65. The maximum Gasteiger partial charge on any atom is 0.481 e. The summed E-state index contributed by atoms with van der Waals surface area (Å²) in [4.78, 5) is 61.9. The van der Waals surface area contributed by atoms with Crippen molar-refractivity contribution in [2.45, 2.75) is 159 Å². The Balaban J connectivity index is 1.88. The van der Waals surface area contributed by atoms with Gasteiger partial charge in [0, 0.05) is 19.0 Å². The number of allylic oxidation sites excluding steroid dienone is 14. The number of phosphoric ester groups is 2. The van der Waals surface area contributed by atoms with Gasteiger partial charge in [0.1, 0.15) is 30.7 Å². The lowest BCUT2D eigenvalue weighted by Gasteiger charge is -2.21. The minimum Gasteiger partial charge on any atom is -0.462 e. The molecule has 1 aliphatic rings. The number of anilines is 1. The van der Waals surface area contributed by atoms with Crippen LogP contribution in [-0.2, 0) is 46.3 Å². The molecule has 0 aromatic carbocycles. The van der Waals surface area contributed by atoms with Crippen molar-refractivity contribution in [3.8, 4) is 0 Å². The van der Waals surface area contributed by atoms with E-state index in [9.17, 15) is 53.7 Å². The third kappa shape index (κ3) is 31.3. The van der Waals surface area contributed by atoms with Gasteiger partial charge in [-0.3, -0.25) is 23.2 Å². The number of nitrogen functional groups attached to an aromatic ring is 1. The molecule has 0 radical (unpaired) electrons. The molecule has 0 amide bonds. The second-order valence-electron chi connectivity index (χ2n) is 16.9. The maximum atomic E-state index is 12.9. The van der Waals surface area contributed by atoms with E-state index in [0.717, 1.165) is 68.6 Å². The number of nitrogens with zero attached hydrogens (tertiary/aromatic N) is 2. The van der Waals surface area contributed by atoms with Crippen LogP contribution in [0.5, 0.6) is 0 Å². The molecule has 2 unspecified atom stereocenters. The topological polar surface area (TPSA) is 306 Å². The molecule has 2 heterocycles. The average Bonchev–Trinajstić information content (AvgIpc) is 3.63. The molecule has 1 aromatic rings. The molecular weight excluding hydrogens is 1000 g/mol. The molecule has 0 saturated carbocycles. The summed E-state index contributed by atoms with van der Waals surface area (Å²) in [7, 11) is -11.0. The van der Waals surface area contributed by atoms with Crippen molar-refractivity contribution >= 4 is 33.4 Å². The number of aromatic nitrogens is 2. The molecule has 9 atom stereocenters. The molecular formula is C52H79N3O17P2. The van der Waals surface area contributed by atoms with Crippen molar-refractivity contribution < 1.29 is 76.5 Å². The predicted molar refractivity (Wildman–Crippen MR) is 282 cm³/mol. The second kappa shape index (κ2) is 38.8. The largest absolute Gasteiger partial charge is 0.481 e. The van der Waals surface area contributed by atoms with Crippen LogP contribution in [0.25, 0.3) is 0 Å². The highest BCUT2D eigenvalue weighted by molar-refractivity contribution is 7.61. The van der Waals surface area contributed by atoms with Crippen LogP contribution >= 0.6 is 15.6 Å². The van der Waals surface area contributed by atoms with E-state index in [1.807, 2.05) is 37.3 Å². The van der Waals surface area contributed by atoms with Crippen molar-refractivity contribution in [1.29, 1.82) is 0 Å². The number of phosphoric acid groups is 2. The van der Waals surface area contributed by atoms with Crippen molar-refractivity contribution in [2.75, 3.05) is 25.6 Å². The molecule has 74 heavy (non-hydrogen) atoms. The first-order valence-electron chi connectivity index (χ1n) is 25.1. The van der Waals surface area contributed by atoms with Gasteiger partial charge in [0.25, 0.3) is 0 Å². The Labute approximate surface area is 435 Å². The lowest BCUT2D eigenvalue weighted by atomic mass is 10.1. The van der Waals surface area contributed by atoms with Gasteiger partial charge in [-0.25, -0.2) is 13.9 Å². The summed E-state index contributed by atoms with van der Waals surface area (Å²) in [5.74, 6) is -1.53. The zero-order valence-electron chi connectivity index (χ0n) is 42.6. The highest BCUT2D eigenvalue weighted by Crippen LogP contribution is 2.60. The smallest absolute Gasteiger partial charge is 0.462 e. The van der Waals surface area contributed by atoms with Gasteiger partial charge in [-0.05, 0) is 76.7 Å². The summed E-state index contributed by atoms with van der Waals surface area (Å²) in [5, 5.41) is 41.0. The minimum atomic E-state index is -5.48. The fourth-order valence-corrected chi connectivity index (χ4v) is 8.76. The van der Waals surface area contributed by atoms with Crippen LogP contribution < -0.4 is 11.4 Å². The second-order valence-corrected chi connectivity index (χ2v) is 20.0. The number of hydrogen-bond acceptors (Lipinski definition) is 17. The first kappa shape index (κ1) is 65.5. The Kier molecular flexibility index (Phi) is 34.3. The molecule has 8 N–H and O–H groups in total. The average molecular weight is 1080 g/mol. The Morgan fingerprint density at radius 3 is 2.05 bits per heavy atom. The van der Waals surface area contributed by atoms with Crippen LogP contribution in [0.3, 0.4) is 0 Å². The van der Waals surface area contributed by atoms with Gasteiger partial charge in [-0.1, -0.05) is 142 Å². The number of carbonyl (C=O) groups excluding carboxylic acids is 2. The fraction of sp³-hybridized carbons (Fsp3) is 0.538. The quantitative estimate of drug-likeness (QED) is 0.0107. The number of carbonyl (C=O) groups is 2. The zero-order chi connectivity index (χ0) is 54.5. The zero-order valence-corrected chi connectivity index (χ0v) is 44.4. The molecule has 0 aliphatic carbocycles. The molecule has 1 aromatic heterocycles. The van der Waals surface area contributed by atoms with Gasteiger partial charge in [0.2, 0.25) is 0 Å². The van der Waals surface area contributed by atoms with Gasteiger partial charge in [-0.2, -0.15) is 9.29 Å². The van der Waals surface area contributed by atoms with Crippen LogP contribution in [0.15, 0.2) is 126 Å². The van der Waals surface area contributed by atoms with Gasteiger partial charge in [0.15, 0.2) is 12.3 Å². The van der Waals surface area contributed by atoms with Crippen molar-refractivity contribution in [3.05, 3.63) is 132 Å². The number of ether oxygens (including phenoxy) is 3. The molecule has 0 spiro atoms. The third-order valence-corrected chi connectivity index (χ3v) is 13.1. The molecule has 1 aliphatic heterocycles. The van der Waals surface area contributed by atoms with Crippen LogP contribution in [0.1, 0.15) is 123 Å². The molecule has 1 fully saturated rings. The standard InChI is InChI=1S/C52H79N3O17P2/c1-3-5-7-8-9-10-11-12-13-14-15-16-20-23-29-35-47(58)67-39-44(70-48(59)36-30-24-28-34-43(57)33-27-22-19-17-18-21-26-32-42(56)31-25-6-4-2)40-68-73(63,64)72-74(65,66)69-41-45-49(60)50(61)51(71-45)55-38-37-46(53)54-52(55)62/h5-7,9-10,12-13,18-19,21-22,25-28,32-34,37-38,42-45,49-51,56-57,60-61H,3-4,8,11,14-17,20,23-24,29-31,35-36,39-41H2,1-2H3,(H,63,64)(H,65,66)(H2,53,54,62)/b7-5-,10-9-,13-12-,21-18-,22-19-,25-6-,32-26+,33-27+,34-28-/t42-,43-,44+,45+,49+,50+,51+/m0/s1. The molecule has 0 bridgehead atoms. The van der Waals surface area contributed by atoms with E-state index in [-0.39, 0.29) is 25.1 Å². The predicted octanol–water partition coefficient (Wildman–Crippen LogP) is 8.16. The summed E-state index contributed by atoms with van der Waals surface area (Å²) in [5.41, 5.74) is 4.56. The maximum absolute atomic E-state index is 12.9. The van der Waals surface area contributed by atoms with Gasteiger partial charge < -0.3 is 50.2 Å². The van der Waals surface area contributed by atoms with E-state index >= 15 is 0 Å². The normalized spacial score (nSPS) is 20.6. The third-order valence-electron chi connectivity index (χ3n) is 10.5. The van der Waals surface area contributed by atoms with Crippen LogP contribution in [0, 0.1) is 0 Å². The number of unbranched alkanes of at least 4 members (excludes halogenated alkanes) is 6. The van der Waals surface area contributed by atoms with E-state index in [2.05, 4.69) is 52.7 Å². The number of aliphatic hydroxyl groups is 4. The number of esters is 2. The first-order chi connectivity index (χ1) is 35.5. The summed E-state index contributed by atoms with van der Waals surface area (Å²) in [6, 6.07) is 1.23. The van der Waals surface area contributed by atoms with E-state index in [0.29, 0.717) is 25.7 Å². The monoisotopic (exact) mass is 1080 g/mol. The van der Waals surface area contributed by atoms with Crippen molar-refractivity contribution in [1.82, 2.24) is 9.55 Å². The molecule has 2 rings (SSSR count). The number of rotatable bonds is 39. The lowest BCUT2D eigenvalue weighted by Crippen LogP contribution is -2.36. The summed E-state index contributed by atoms with van der Waals surface area (Å²) in [6.07, 6.45) is 36.7. The first-order valence-corrected chi connectivity index (χ1v) is 28.1. The van der Waals surface area contributed by atoms with Crippen molar-refractivity contribution in [3.63, 3.8) is 0 Å². The number of aliphatic hydroxyl groups excluding tert-OH is 4. The number of hydrogen-bond donors (Lipinski definition) is 7. The van der Waals surface area contributed by atoms with E-state index < -0.39 is 95.9 Å². The Hall–Kier alpha value is -4.66. The Morgan fingerprint density at radius 1 is 0.730 bits per heavy atom. The van der Waals surface area contributed by atoms with Gasteiger partial charge >= 0.3 is 33.3 Å². The highest BCUT2D eigenvalue weighted by atomic mass is 31.3. The van der Waals surface area contributed by atoms with Crippen LogP contribution in [0.2, 0.25) is 0 Å². The SMILES string of the molecule is CC/C=C\C/C=C\C/C=C\CCCCCCCC(=O)OC[C@H](COP(=O)(O)OP(=O)(O)OC[C@H]1O[C@@H](n2ccc(N)nc2=O)[C@H](O)[C@@H]1O)OC(=O)CCC/C=C\[C@@H](O)/C=C/C=C\C/C=C\C=C\[C@@H](O)C/C=C\CC. The van der Waals surface area contributed by atoms with Gasteiger partial charge in [0.05, 0.1) is 25.4 Å². The van der Waals surface area contributed by atoms with Crippen LogP contribution in [0.4, 0.5) is 5.82 Å². The van der Waals surface area contributed by atoms with E-state index in [1.165, 1.54) is 12.1 Å². The lowest BCUT2D eigenvalue weighted by molar-refractivity contribution is -0.161. The van der Waals surface area contributed by atoms with Crippen molar-refractivity contribution in [2.24, 2.45) is 0 Å². The molecule has 22 heteroatoms. The Morgan fingerprint density at radius 2 is 1.34 bits per heavy atom. The molecule has 414 valence electrons. The summed E-state index contributed by atoms with van der Waals surface area (Å²) < 4.78 is 56.6. The highest BCUT2D eigenvalue weighted by Gasteiger charge is 2.46.